The van der Waals surface area contributed by atoms with Gasteiger partial charge in [-0.1, -0.05) is 30.3 Å². The third kappa shape index (κ3) is 3.91. The molecule has 0 aliphatic heterocycles. The van der Waals surface area contributed by atoms with Crippen molar-refractivity contribution in [3.8, 4) is 10.6 Å². The molecule has 6 heteroatoms. The molecule has 0 fully saturated rings. The second-order valence-electron chi connectivity index (χ2n) is 6.33. The molecule has 134 valence electrons. The third-order valence-electron chi connectivity index (χ3n) is 4.06. The van der Waals surface area contributed by atoms with Crippen molar-refractivity contribution >= 4 is 23.1 Å². The normalized spacial score (nSPS) is 11.8. The quantitative estimate of drug-likeness (QED) is 0.739. The van der Waals surface area contributed by atoms with Gasteiger partial charge in [0, 0.05) is 31.4 Å². The van der Waals surface area contributed by atoms with Crippen molar-refractivity contribution in [2.24, 2.45) is 0 Å². The molecule has 0 saturated carbocycles. The van der Waals surface area contributed by atoms with Crippen molar-refractivity contribution in [2.75, 3.05) is 19.0 Å². The number of pyridine rings is 1. The van der Waals surface area contributed by atoms with Gasteiger partial charge in [0.15, 0.2) is 0 Å². The van der Waals surface area contributed by atoms with Gasteiger partial charge in [-0.15, -0.1) is 11.3 Å². The van der Waals surface area contributed by atoms with E-state index in [-0.39, 0.29) is 11.9 Å². The number of carbonyl (C=O) groups excluding carboxylic acids is 1. The van der Waals surface area contributed by atoms with E-state index in [1.165, 1.54) is 0 Å². The van der Waals surface area contributed by atoms with E-state index >= 15 is 0 Å². The first-order chi connectivity index (χ1) is 12.5. The topological polar surface area (TPSA) is 58.1 Å². The van der Waals surface area contributed by atoms with Crippen molar-refractivity contribution in [3.05, 3.63) is 64.8 Å². The largest absolute Gasteiger partial charge is 0.363 e. The maximum Gasteiger partial charge on any atom is 0.251 e. The highest BCUT2D eigenvalue weighted by Crippen LogP contribution is 2.31. The number of amides is 1. The van der Waals surface area contributed by atoms with E-state index in [0.29, 0.717) is 5.56 Å². The van der Waals surface area contributed by atoms with Gasteiger partial charge in [0.05, 0.1) is 16.6 Å². The van der Waals surface area contributed by atoms with E-state index in [0.717, 1.165) is 27.0 Å². The van der Waals surface area contributed by atoms with Crippen LogP contribution in [0.4, 0.5) is 5.82 Å². The maximum atomic E-state index is 12.6. The number of thiazole rings is 1. The molecule has 0 radical (unpaired) electrons. The van der Waals surface area contributed by atoms with Crippen LogP contribution in [0.5, 0.6) is 0 Å². The van der Waals surface area contributed by atoms with Crippen LogP contribution in [-0.4, -0.2) is 30.0 Å². The molecule has 2 aromatic heterocycles. The fourth-order valence-corrected chi connectivity index (χ4v) is 3.74. The average molecular weight is 366 g/mol. The molecule has 1 N–H and O–H groups in total. The Hall–Kier alpha value is -2.73. The van der Waals surface area contributed by atoms with Crippen LogP contribution < -0.4 is 10.2 Å². The molecule has 3 rings (SSSR count). The Morgan fingerprint density at radius 3 is 2.62 bits per heavy atom. The molecule has 3 aromatic rings. The number of anilines is 1. The molecule has 5 nitrogen and oxygen atoms in total. The number of hydrogen-bond acceptors (Lipinski definition) is 5. The van der Waals surface area contributed by atoms with Gasteiger partial charge in [0.1, 0.15) is 10.8 Å². The monoisotopic (exact) mass is 366 g/mol. The predicted octanol–water partition coefficient (Wildman–Crippen LogP) is 4.07. The van der Waals surface area contributed by atoms with Gasteiger partial charge in [0.25, 0.3) is 5.91 Å². The second-order valence-corrected chi connectivity index (χ2v) is 7.36. The number of aryl methyl sites for hydroxylation is 1. The predicted molar refractivity (Wildman–Crippen MR) is 107 cm³/mol. The summed E-state index contributed by atoms with van der Waals surface area (Å²) >= 11 is 1.62. The van der Waals surface area contributed by atoms with Crippen molar-refractivity contribution < 1.29 is 4.79 Å². The highest BCUT2D eigenvalue weighted by atomic mass is 32.1. The van der Waals surface area contributed by atoms with Gasteiger partial charge in [-0.3, -0.25) is 4.79 Å². The molecule has 1 atom stereocenters. The Bertz CT molecular complexity index is 905. The second kappa shape index (κ2) is 7.66. The van der Waals surface area contributed by atoms with Crippen LogP contribution in [0.3, 0.4) is 0 Å². The summed E-state index contributed by atoms with van der Waals surface area (Å²) in [6.45, 7) is 3.97. The minimum absolute atomic E-state index is 0.114. The average Bonchev–Trinajstić information content (AvgIpc) is 3.04. The summed E-state index contributed by atoms with van der Waals surface area (Å²) in [6.07, 6.45) is 1.65. The fraction of sp³-hybridized carbons (Fsp3) is 0.250. The molecule has 0 spiro atoms. The van der Waals surface area contributed by atoms with Gasteiger partial charge in [-0.05, 0) is 26.0 Å². The zero-order chi connectivity index (χ0) is 18.7. The molecule has 1 aromatic carbocycles. The van der Waals surface area contributed by atoms with Crippen molar-refractivity contribution in [1.29, 1.82) is 0 Å². The summed E-state index contributed by atoms with van der Waals surface area (Å²) < 4.78 is 0. The summed E-state index contributed by atoms with van der Waals surface area (Å²) in [5, 5.41) is 4.04. The number of aromatic nitrogens is 2. The lowest BCUT2D eigenvalue weighted by atomic mass is 10.2. The van der Waals surface area contributed by atoms with Crippen LogP contribution in [0.1, 0.15) is 33.9 Å². The van der Waals surface area contributed by atoms with E-state index in [2.05, 4.69) is 15.3 Å². The first-order valence-electron chi connectivity index (χ1n) is 8.42. The molecule has 0 saturated heterocycles. The zero-order valence-electron chi connectivity index (χ0n) is 15.4. The fourth-order valence-electron chi connectivity index (χ4n) is 2.66. The lowest BCUT2D eigenvalue weighted by Crippen LogP contribution is -2.27. The summed E-state index contributed by atoms with van der Waals surface area (Å²) in [5.41, 5.74) is 2.64. The lowest BCUT2D eigenvalue weighted by Gasteiger charge is -2.15. The summed E-state index contributed by atoms with van der Waals surface area (Å²) in [6, 6.07) is 13.5. The van der Waals surface area contributed by atoms with E-state index in [1.807, 2.05) is 63.2 Å². The third-order valence-corrected chi connectivity index (χ3v) is 5.45. The Labute approximate surface area is 157 Å². The molecule has 1 unspecified atom stereocenters. The van der Waals surface area contributed by atoms with Crippen LogP contribution in [0.15, 0.2) is 48.7 Å². The van der Waals surface area contributed by atoms with E-state index in [9.17, 15) is 4.79 Å². The zero-order valence-corrected chi connectivity index (χ0v) is 16.2. The van der Waals surface area contributed by atoms with Gasteiger partial charge >= 0.3 is 0 Å². The summed E-state index contributed by atoms with van der Waals surface area (Å²) in [4.78, 5) is 24.5. The van der Waals surface area contributed by atoms with Crippen molar-refractivity contribution in [2.45, 2.75) is 19.9 Å². The van der Waals surface area contributed by atoms with Gasteiger partial charge in [-0.25, -0.2) is 9.97 Å². The molecule has 2 heterocycles. The Morgan fingerprint density at radius 1 is 1.19 bits per heavy atom. The number of benzene rings is 1. The Morgan fingerprint density at radius 2 is 1.92 bits per heavy atom. The minimum atomic E-state index is -0.117. The molecular weight excluding hydrogens is 344 g/mol. The van der Waals surface area contributed by atoms with Gasteiger partial charge in [-0.2, -0.15) is 0 Å². The SMILES string of the molecule is Cc1nc(-c2ccccc2)sc1C(C)NC(=O)c1ccnc(N(C)C)c1. The van der Waals surface area contributed by atoms with Crippen LogP contribution >= 0.6 is 11.3 Å². The van der Waals surface area contributed by atoms with E-state index < -0.39 is 0 Å². The molecule has 0 aliphatic rings. The van der Waals surface area contributed by atoms with Crippen molar-refractivity contribution in [1.82, 2.24) is 15.3 Å². The lowest BCUT2D eigenvalue weighted by molar-refractivity contribution is 0.0940. The maximum absolute atomic E-state index is 12.6. The minimum Gasteiger partial charge on any atom is -0.363 e. The molecule has 0 bridgehead atoms. The standard InChI is InChI=1S/C20H22N4OS/c1-13(22-19(25)16-10-11-21-17(12-16)24(3)4)18-14(2)23-20(26-18)15-8-6-5-7-9-15/h5-13H,1-4H3,(H,22,25). The number of carbonyl (C=O) groups is 1. The van der Waals surface area contributed by atoms with Crippen LogP contribution in [0.2, 0.25) is 0 Å². The first-order valence-corrected chi connectivity index (χ1v) is 9.24. The van der Waals surface area contributed by atoms with E-state index in [1.54, 1.807) is 29.7 Å². The summed E-state index contributed by atoms with van der Waals surface area (Å²) in [5.74, 6) is 0.641. The summed E-state index contributed by atoms with van der Waals surface area (Å²) in [7, 11) is 3.80. The molecule has 1 amide bonds. The number of rotatable bonds is 5. The van der Waals surface area contributed by atoms with Crippen LogP contribution in [-0.2, 0) is 0 Å². The Kier molecular flexibility index (Phi) is 5.32. The highest BCUT2D eigenvalue weighted by Gasteiger charge is 2.18. The smallest absolute Gasteiger partial charge is 0.251 e. The number of nitrogens with zero attached hydrogens (tertiary/aromatic N) is 3. The number of hydrogen-bond donors (Lipinski definition) is 1. The van der Waals surface area contributed by atoms with E-state index in [4.69, 9.17) is 0 Å². The van der Waals surface area contributed by atoms with Gasteiger partial charge in [0.2, 0.25) is 0 Å². The first kappa shape index (κ1) is 18.1. The number of nitrogens with one attached hydrogen (secondary N) is 1. The van der Waals surface area contributed by atoms with Gasteiger partial charge < -0.3 is 10.2 Å². The van der Waals surface area contributed by atoms with Crippen molar-refractivity contribution in [3.63, 3.8) is 0 Å². The molecule has 26 heavy (non-hydrogen) atoms. The molecule has 0 aliphatic carbocycles. The van der Waals surface area contributed by atoms with Crippen LogP contribution in [0.25, 0.3) is 10.6 Å². The Balaban J connectivity index is 1.78. The van der Waals surface area contributed by atoms with Crippen LogP contribution in [0, 0.1) is 6.92 Å². The highest BCUT2D eigenvalue weighted by molar-refractivity contribution is 7.15. The molecular formula is C20H22N4OS.